The molecule has 154 valence electrons. The number of nitrogens with one attached hydrogen (secondary N) is 1. The molecule has 7 heteroatoms. The summed E-state index contributed by atoms with van der Waals surface area (Å²) in [6.45, 7) is 5.30. The van der Waals surface area contributed by atoms with Gasteiger partial charge < -0.3 is 11.1 Å². The maximum Gasteiger partial charge on any atom is 0.248 e. The largest absolute Gasteiger partial charge is 0.366 e. The van der Waals surface area contributed by atoms with Crippen molar-refractivity contribution in [3.63, 3.8) is 0 Å². The fourth-order valence-corrected chi connectivity index (χ4v) is 6.41. The van der Waals surface area contributed by atoms with E-state index >= 15 is 0 Å². The van der Waals surface area contributed by atoms with Crippen molar-refractivity contribution in [2.24, 2.45) is 5.73 Å². The fraction of sp³-hybridized carbons (Fsp3) is 0.364. The Balaban J connectivity index is 2.01. The first kappa shape index (κ1) is 21.0. The highest BCUT2D eigenvalue weighted by Gasteiger charge is 2.53. The van der Waals surface area contributed by atoms with Crippen LogP contribution in [0.2, 0.25) is 0 Å². The first-order valence-electron chi connectivity index (χ1n) is 9.62. The van der Waals surface area contributed by atoms with Crippen LogP contribution < -0.4 is 11.1 Å². The predicted octanol–water partition coefficient (Wildman–Crippen LogP) is 3.44. The van der Waals surface area contributed by atoms with Crippen molar-refractivity contribution in [1.29, 1.82) is 0 Å². The molecule has 0 aliphatic heterocycles. The Kier molecular flexibility index (Phi) is 5.54. The van der Waals surface area contributed by atoms with Gasteiger partial charge in [-0.05, 0) is 74.6 Å². The van der Waals surface area contributed by atoms with Gasteiger partial charge in [-0.2, -0.15) is 0 Å². The first-order chi connectivity index (χ1) is 13.6. The minimum absolute atomic E-state index is 0.217. The van der Waals surface area contributed by atoms with E-state index in [1.807, 2.05) is 13.0 Å². The molecule has 0 saturated heterocycles. The van der Waals surface area contributed by atoms with Crippen molar-refractivity contribution in [3.05, 3.63) is 58.7 Å². The summed E-state index contributed by atoms with van der Waals surface area (Å²) in [6.07, 6.45) is 1.92. The van der Waals surface area contributed by atoms with Gasteiger partial charge in [0.1, 0.15) is 0 Å². The van der Waals surface area contributed by atoms with E-state index in [2.05, 4.69) is 5.32 Å². The number of carbonyl (C=O) groups is 2. The molecule has 0 bridgehead atoms. The molecule has 0 atom stereocenters. The third kappa shape index (κ3) is 3.67. The van der Waals surface area contributed by atoms with Crippen LogP contribution >= 0.6 is 0 Å². The minimum atomic E-state index is -3.89. The number of carbonyl (C=O) groups excluding carboxylic acids is 2. The van der Waals surface area contributed by atoms with Crippen LogP contribution in [0.5, 0.6) is 0 Å². The van der Waals surface area contributed by atoms with Crippen LogP contribution in [0.4, 0.5) is 5.69 Å². The molecule has 0 radical (unpaired) electrons. The molecule has 0 heterocycles. The number of nitrogens with two attached hydrogens (primary N) is 1. The van der Waals surface area contributed by atoms with Gasteiger partial charge in [-0.3, -0.25) is 9.59 Å². The van der Waals surface area contributed by atoms with Crippen molar-refractivity contribution in [2.75, 3.05) is 5.32 Å². The zero-order chi connectivity index (χ0) is 21.4. The monoisotopic (exact) mass is 414 g/mol. The zero-order valence-electron chi connectivity index (χ0n) is 16.9. The average Bonchev–Trinajstić information content (AvgIpc) is 3.15. The Morgan fingerprint density at radius 1 is 0.966 bits per heavy atom. The number of rotatable bonds is 5. The van der Waals surface area contributed by atoms with Gasteiger partial charge >= 0.3 is 0 Å². The second-order valence-corrected chi connectivity index (χ2v) is 10.1. The second kappa shape index (κ2) is 7.63. The SMILES string of the molecule is Cc1ccc(C)c(S(=O)(=O)C2(C(=O)Nc3ccc(C(N)=O)c(C)c3)CCCC2)c1. The van der Waals surface area contributed by atoms with E-state index in [0.29, 0.717) is 35.2 Å². The van der Waals surface area contributed by atoms with Crippen LogP contribution in [0.1, 0.15) is 52.7 Å². The number of hydrogen-bond acceptors (Lipinski definition) is 4. The number of sulfone groups is 1. The van der Waals surface area contributed by atoms with Gasteiger partial charge in [0.15, 0.2) is 14.6 Å². The summed E-state index contributed by atoms with van der Waals surface area (Å²) < 4.78 is 25.8. The Morgan fingerprint density at radius 3 is 2.21 bits per heavy atom. The lowest BCUT2D eigenvalue weighted by Gasteiger charge is -2.28. The molecule has 3 N–H and O–H groups in total. The molecule has 2 amide bonds. The summed E-state index contributed by atoms with van der Waals surface area (Å²) in [5, 5.41) is 2.77. The van der Waals surface area contributed by atoms with Crippen molar-refractivity contribution in [3.8, 4) is 0 Å². The Bertz CT molecular complexity index is 1080. The van der Waals surface area contributed by atoms with Crippen LogP contribution in [0.25, 0.3) is 0 Å². The minimum Gasteiger partial charge on any atom is -0.366 e. The Hall–Kier alpha value is -2.67. The highest BCUT2D eigenvalue weighted by Crippen LogP contribution is 2.42. The third-order valence-corrected chi connectivity index (χ3v) is 8.36. The van der Waals surface area contributed by atoms with Crippen LogP contribution in [-0.4, -0.2) is 25.0 Å². The first-order valence-corrected chi connectivity index (χ1v) is 11.1. The van der Waals surface area contributed by atoms with Crippen molar-refractivity contribution >= 4 is 27.3 Å². The average molecular weight is 415 g/mol. The molecule has 0 unspecified atom stereocenters. The molecular formula is C22H26N2O4S. The maximum atomic E-state index is 13.6. The van der Waals surface area contributed by atoms with Gasteiger partial charge in [-0.15, -0.1) is 0 Å². The number of anilines is 1. The molecule has 1 aliphatic rings. The molecule has 0 spiro atoms. The summed E-state index contributed by atoms with van der Waals surface area (Å²) in [4.78, 5) is 24.9. The summed E-state index contributed by atoms with van der Waals surface area (Å²) in [5.41, 5.74) is 8.22. The quantitative estimate of drug-likeness (QED) is 0.781. The smallest absolute Gasteiger partial charge is 0.248 e. The zero-order valence-corrected chi connectivity index (χ0v) is 17.7. The Labute approximate surface area is 171 Å². The lowest BCUT2D eigenvalue weighted by atomic mass is 10.0. The standard InChI is InChI=1S/C22H26N2O4S/c1-14-6-7-15(2)19(12-14)29(27,28)22(10-4-5-11-22)21(26)24-17-8-9-18(20(23)25)16(3)13-17/h6-9,12-13H,4-5,10-11H2,1-3H3,(H2,23,25)(H,24,26). The molecule has 1 aliphatic carbocycles. The van der Waals surface area contributed by atoms with E-state index < -0.39 is 26.4 Å². The summed E-state index contributed by atoms with van der Waals surface area (Å²) in [6, 6.07) is 10.0. The van der Waals surface area contributed by atoms with Gasteiger partial charge in [0.2, 0.25) is 11.8 Å². The molecule has 6 nitrogen and oxygen atoms in total. The molecule has 0 aromatic heterocycles. The van der Waals surface area contributed by atoms with Crippen molar-refractivity contribution in [1.82, 2.24) is 0 Å². The van der Waals surface area contributed by atoms with Gasteiger partial charge in [-0.25, -0.2) is 8.42 Å². The van der Waals surface area contributed by atoms with Crippen LogP contribution in [0.15, 0.2) is 41.3 Å². The molecule has 1 fully saturated rings. The highest BCUT2D eigenvalue weighted by atomic mass is 32.2. The lowest BCUT2D eigenvalue weighted by Crippen LogP contribution is -2.47. The van der Waals surface area contributed by atoms with Gasteiger partial charge in [-0.1, -0.05) is 25.0 Å². The number of benzene rings is 2. The summed E-state index contributed by atoms with van der Waals surface area (Å²) in [7, 11) is -3.89. The molecule has 3 rings (SSSR count). The molecular weight excluding hydrogens is 388 g/mol. The van der Waals surface area contributed by atoms with E-state index in [1.54, 1.807) is 38.1 Å². The molecule has 29 heavy (non-hydrogen) atoms. The van der Waals surface area contributed by atoms with Crippen molar-refractivity contribution < 1.29 is 18.0 Å². The topological polar surface area (TPSA) is 106 Å². The van der Waals surface area contributed by atoms with Gasteiger partial charge in [0.25, 0.3) is 0 Å². The van der Waals surface area contributed by atoms with Gasteiger partial charge in [0.05, 0.1) is 4.90 Å². The van der Waals surface area contributed by atoms with E-state index in [0.717, 1.165) is 5.56 Å². The van der Waals surface area contributed by atoms with Gasteiger partial charge in [0, 0.05) is 11.3 Å². The second-order valence-electron chi connectivity index (χ2n) is 7.82. The highest BCUT2D eigenvalue weighted by molar-refractivity contribution is 7.93. The fourth-order valence-electron chi connectivity index (χ4n) is 4.03. The number of hydrogen-bond donors (Lipinski definition) is 2. The van der Waals surface area contributed by atoms with E-state index in [4.69, 9.17) is 5.73 Å². The van der Waals surface area contributed by atoms with E-state index in [1.165, 1.54) is 6.07 Å². The third-order valence-electron chi connectivity index (χ3n) is 5.72. The summed E-state index contributed by atoms with van der Waals surface area (Å²) >= 11 is 0. The van der Waals surface area contributed by atoms with Crippen LogP contribution in [0, 0.1) is 20.8 Å². The lowest BCUT2D eigenvalue weighted by molar-refractivity contribution is -0.118. The van der Waals surface area contributed by atoms with Crippen LogP contribution in [-0.2, 0) is 14.6 Å². The normalized spacial score (nSPS) is 15.8. The van der Waals surface area contributed by atoms with Crippen molar-refractivity contribution in [2.45, 2.75) is 56.1 Å². The number of aryl methyl sites for hydroxylation is 3. The van der Waals surface area contributed by atoms with E-state index in [-0.39, 0.29) is 17.7 Å². The van der Waals surface area contributed by atoms with E-state index in [9.17, 15) is 18.0 Å². The predicted molar refractivity (Wildman–Crippen MR) is 113 cm³/mol. The molecule has 2 aromatic carbocycles. The number of amides is 2. The Morgan fingerprint density at radius 2 is 1.62 bits per heavy atom. The maximum absolute atomic E-state index is 13.6. The molecule has 1 saturated carbocycles. The summed E-state index contributed by atoms with van der Waals surface area (Å²) in [5.74, 6) is -1.08. The number of primary amides is 1. The molecule has 2 aromatic rings. The van der Waals surface area contributed by atoms with Crippen LogP contribution in [0.3, 0.4) is 0 Å².